The van der Waals surface area contributed by atoms with E-state index in [1.165, 1.54) is 4.80 Å². The maximum atomic E-state index is 5.78. The smallest absolute Gasteiger partial charge is 0.176 e. The van der Waals surface area contributed by atoms with Crippen molar-refractivity contribution in [2.24, 2.45) is 7.05 Å². The average molecular weight is 255 g/mol. The van der Waals surface area contributed by atoms with Crippen molar-refractivity contribution in [2.75, 3.05) is 13.2 Å². The van der Waals surface area contributed by atoms with Crippen LogP contribution in [0.3, 0.4) is 0 Å². The molecule has 0 aliphatic heterocycles. The lowest BCUT2D eigenvalue weighted by atomic mass is 10.0. The number of nitrogens with one attached hydrogen (secondary N) is 1. The van der Waals surface area contributed by atoms with Crippen LogP contribution >= 0.6 is 0 Å². The van der Waals surface area contributed by atoms with Crippen molar-refractivity contribution in [3.63, 3.8) is 0 Å². The van der Waals surface area contributed by atoms with Gasteiger partial charge in [0.05, 0.1) is 13.2 Å². The van der Waals surface area contributed by atoms with Crippen molar-refractivity contribution >= 4 is 0 Å². The van der Waals surface area contributed by atoms with Crippen LogP contribution in [0.4, 0.5) is 0 Å². The summed E-state index contributed by atoms with van der Waals surface area (Å²) in [6.45, 7) is 8.04. The molecule has 1 aromatic heterocycles. The molecule has 2 atom stereocenters. The summed E-state index contributed by atoms with van der Waals surface area (Å²) in [6.07, 6.45) is 3.04. The van der Waals surface area contributed by atoms with E-state index in [1.54, 1.807) is 7.05 Å². The molecule has 1 rings (SSSR count). The average Bonchev–Trinajstić information content (AvgIpc) is 2.77. The molecule has 0 spiro atoms. The van der Waals surface area contributed by atoms with Gasteiger partial charge in [-0.2, -0.15) is 4.80 Å². The summed E-state index contributed by atoms with van der Waals surface area (Å²) in [5, 5.41) is 15.7. The summed E-state index contributed by atoms with van der Waals surface area (Å²) in [5.74, 6) is 0.768. The van der Waals surface area contributed by atoms with E-state index in [1.807, 2.05) is 6.92 Å². The van der Waals surface area contributed by atoms with Crippen molar-refractivity contribution < 1.29 is 4.74 Å². The fraction of sp³-hybridized carbons (Fsp3) is 0.917. The van der Waals surface area contributed by atoms with Crippen LogP contribution in [0.1, 0.15) is 39.4 Å². The van der Waals surface area contributed by atoms with Crippen LogP contribution in [0.2, 0.25) is 0 Å². The lowest BCUT2D eigenvalue weighted by Crippen LogP contribution is -2.43. The van der Waals surface area contributed by atoms with Gasteiger partial charge in [-0.05, 0) is 31.5 Å². The third-order valence-electron chi connectivity index (χ3n) is 2.84. The number of aromatic nitrogens is 4. The number of aryl methyl sites for hydroxylation is 1. The minimum atomic E-state index is 0.199. The highest BCUT2D eigenvalue weighted by atomic mass is 16.5. The highest BCUT2D eigenvalue weighted by molar-refractivity contribution is 4.88. The lowest BCUT2D eigenvalue weighted by molar-refractivity contribution is 0.0314. The molecule has 18 heavy (non-hydrogen) atoms. The molecule has 2 unspecified atom stereocenters. The molecule has 0 aliphatic carbocycles. The first kappa shape index (κ1) is 15.0. The minimum Gasteiger partial charge on any atom is -0.377 e. The fourth-order valence-electron chi connectivity index (χ4n) is 2.00. The molecule has 6 heteroatoms. The molecule has 6 nitrogen and oxygen atoms in total. The molecule has 1 heterocycles. The van der Waals surface area contributed by atoms with Crippen LogP contribution in [-0.2, 0) is 18.2 Å². The molecule has 0 saturated heterocycles. The predicted octanol–water partition coefficient (Wildman–Crippen LogP) is 0.936. The van der Waals surface area contributed by atoms with Gasteiger partial charge in [-0.15, -0.1) is 10.2 Å². The minimum absolute atomic E-state index is 0.199. The molecule has 0 radical (unpaired) electrons. The third-order valence-corrected chi connectivity index (χ3v) is 2.84. The Labute approximate surface area is 109 Å². The highest BCUT2D eigenvalue weighted by Gasteiger charge is 2.21. The van der Waals surface area contributed by atoms with Crippen molar-refractivity contribution in [1.82, 2.24) is 25.5 Å². The Morgan fingerprint density at radius 3 is 2.61 bits per heavy atom. The Morgan fingerprint density at radius 1 is 1.33 bits per heavy atom. The van der Waals surface area contributed by atoms with Gasteiger partial charge in [0, 0.05) is 19.1 Å². The van der Waals surface area contributed by atoms with Gasteiger partial charge in [0.1, 0.15) is 0 Å². The number of ether oxygens (including phenoxy) is 1. The number of rotatable bonds is 9. The van der Waals surface area contributed by atoms with Gasteiger partial charge in [-0.1, -0.05) is 13.8 Å². The van der Waals surface area contributed by atoms with Crippen LogP contribution in [0.25, 0.3) is 0 Å². The molecular formula is C12H25N5O. The molecule has 0 bridgehead atoms. The zero-order valence-corrected chi connectivity index (χ0v) is 11.9. The molecule has 0 fully saturated rings. The van der Waals surface area contributed by atoms with Gasteiger partial charge in [-0.25, -0.2) is 0 Å². The monoisotopic (exact) mass is 255 g/mol. The van der Waals surface area contributed by atoms with Crippen LogP contribution < -0.4 is 5.32 Å². The first-order chi connectivity index (χ1) is 8.71. The van der Waals surface area contributed by atoms with Crippen molar-refractivity contribution in [3.05, 3.63) is 5.82 Å². The largest absolute Gasteiger partial charge is 0.377 e. The van der Waals surface area contributed by atoms with Crippen LogP contribution in [0.5, 0.6) is 0 Å². The molecule has 0 aromatic carbocycles. The summed E-state index contributed by atoms with van der Waals surface area (Å²) in [6, 6.07) is 0.249. The molecule has 0 saturated carbocycles. The standard InChI is InChI=1S/C12H25N5O/c1-5-8-13-10(11(6-2)18-7-3)9-12-14-16-17(4)15-12/h10-11,13H,5-9H2,1-4H3. The SMILES string of the molecule is CCCNC(Cc1nnn(C)n1)C(CC)OCC. The quantitative estimate of drug-likeness (QED) is 0.711. The van der Waals surface area contributed by atoms with Gasteiger partial charge < -0.3 is 10.1 Å². The summed E-state index contributed by atoms with van der Waals surface area (Å²) in [5.41, 5.74) is 0. The summed E-state index contributed by atoms with van der Waals surface area (Å²) < 4.78 is 5.78. The second-order valence-electron chi connectivity index (χ2n) is 4.36. The Morgan fingerprint density at radius 2 is 2.11 bits per heavy atom. The van der Waals surface area contributed by atoms with E-state index in [0.29, 0.717) is 0 Å². The van der Waals surface area contributed by atoms with Crippen molar-refractivity contribution in [1.29, 1.82) is 0 Å². The van der Waals surface area contributed by atoms with E-state index in [-0.39, 0.29) is 12.1 Å². The highest BCUT2D eigenvalue weighted by Crippen LogP contribution is 2.09. The zero-order chi connectivity index (χ0) is 13.4. The molecular weight excluding hydrogens is 230 g/mol. The number of hydrogen-bond acceptors (Lipinski definition) is 5. The van der Waals surface area contributed by atoms with Gasteiger partial charge in [-0.3, -0.25) is 0 Å². The fourth-order valence-corrected chi connectivity index (χ4v) is 2.00. The molecule has 1 N–H and O–H groups in total. The number of nitrogens with zero attached hydrogens (tertiary/aromatic N) is 4. The topological polar surface area (TPSA) is 64.9 Å². The van der Waals surface area contributed by atoms with Crippen molar-refractivity contribution in [3.8, 4) is 0 Å². The molecule has 104 valence electrons. The second kappa shape index (κ2) is 8.16. The van der Waals surface area contributed by atoms with E-state index < -0.39 is 0 Å². The van der Waals surface area contributed by atoms with Gasteiger partial charge >= 0.3 is 0 Å². The van der Waals surface area contributed by atoms with Gasteiger partial charge in [0.15, 0.2) is 5.82 Å². The van der Waals surface area contributed by atoms with E-state index in [2.05, 4.69) is 34.6 Å². The van der Waals surface area contributed by atoms with E-state index in [9.17, 15) is 0 Å². The van der Waals surface area contributed by atoms with Crippen LogP contribution in [-0.4, -0.2) is 45.5 Å². The zero-order valence-electron chi connectivity index (χ0n) is 11.9. The Bertz CT molecular complexity index is 328. The summed E-state index contributed by atoms with van der Waals surface area (Å²) in [7, 11) is 1.78. The van der Waals surface area contributed by atoms with Crippen LogP contribution in [0.15, 0.2) is 0 Å². The van der Waals surface area contributed by atoms with Crippen molar-refractivity contribution in [2.45, 2.75) is 52.2 Å². The lowest BCUT2D eigenvalue weighted by Gasteiger charge is -2.26. The van der Waals surface area contributed by atoms with Crippen LogP contribution in [0, 0.1) is 0 Å². The summed E-state index contributed by atoms with van der Waals surface area (Å²) >= 11 is 0. The Kier molecular flexibility index (Phi) is 6.82. The maximum Gasteiger partial charge on any atom is 0.176 e. The maximum absolute atomic E-state index is 5.78. The predicted molar refractivity (Wildman–Crippen MR) is 70.3 cm³/mol. The molecule has 0 amide bonds. The Hall–Kier alpha value is -1.01. The molecule has 1 aromatic rings. The van der Waals surface area contributed by atoms with E-state index in [0.717, 1.165) is 38.2 Å². The van der Waals surface area contributed by atoms with E-state index >= 15 is 0 Å². The second-order valence-corrected chi connectivity index (χ2v) is 4.36. The van der Waals surface area contributed by atoms with E-state index in [4.69, 9.17) is 4.74 Å². The molecule has 0 aliphatic rings. The first-order valence-electron chi connectivity index (χ1n) is 6.79. The Balaban J connectivity index is 2.63. The third kappa shape index (κ3) is 4.70. The van der Waals surface area contributed by atoms with Gasteiger partial charge in [0.25, 0.3) is 0 Å². The number of tetrazole rings is 1. The normalized spacial score (nSPS) is 14.7. The first-order valence-corrected chi connectivity index (χ1v) is 6.79. The number of hydrogen-bond donors (Lipinski definition) is 1. The van der Waals surface area contributed by atoms with Gasteiger partial charge in [0.2, 0.25) is 0 Å². The summed E-state index contributed by atoms with van der Waals surface area (Å²) in [4.78, 5) is 1.49.